The molecule has 0 saturated carbocycles. The first-order chi connectivity index (χ1) is 14.5. The van der Waals surface area contributed by atoms with Crippen LogP contribution in [-0.2, 0) is 11.3 Å². The van der Waals surface area contributed by atoms with Crippen LogP contribution in [-0.4, -0.2) is 37.0 Å². The molecule has 0 bridgehead atoms. The van der Waals surface area contributed by atoms with E-state index in [4.69, 9.17) is 13.6 Å². The Labute approximate surface area is 174 Å². The van der Waals surface area contributed by atoms with Gasteiger partial charge in [0, 0.05) is 24.1 Å². The van der Waals surface area contributed by atoms with Crippen LogP contribution in [0, 0.1) is 12.8 Å². The Bertz CT molecular complexity index is 1060. The Morgan fingerprint density at radius 2 is 1.93 bits per heavy atom. The van der Waals surface area contributed by atoms with Gasteiger partial charge in [-0.25, -0.2) is 4.79 Å². The van der Waals surface area contributed by atoms with Crippen LogP contribution < -0.4 is 15.7 Å². The number of benzene rings is 1. The van der Waals surface area contributed by atoms with Gasteiger partial charge in [-0.3, -0.25) is 9.69 Å². The minimum atomic E-state index is -0.414. The lowest BCUT2D eigenvalue weighted by Gasteiger charge is -2.31. The number of aryl methyl sites for hydroxylation is 1. The molecule has 1 aliphatic heterocycles. The quantitative estimate of drug-likeness (QED) is 0.603. The first kappa shape index (κ1) is 20.2. The number of nitrogens with one attached hydrogen (secondary N) is 1. The summed E-state index contributed by atoms with van der Waals surface area (Å²) in [6.07, 6.45) is 2.09. The maximum Gasteiger partial charge on any atom is 0.336 e. The van der Waals surface area contributed by atoms with Gasteiger partial charge in [0.1, 0.15) is 22.9 Å². The number of rotatable bonds is 7. The Morgan fingerprint density at radius 3 is 2.70 bits per heavy atom. The molecule has 0 aliphatic carbocycles. The summed E-state index contributed by atoms with van der Waals surface area (Å²) in [5.74, 6) is 2.76. The minimum absolute atomic E-state index is 0.0702. The number of fused-ring (bicyclic) bond motifs is 1. The highest BCUT2D eigenvalue weighted by Crippen LogP contribution is 2.20. The third-order valence-corrected chi connectivity index (χ3v) is 5.43. The van der Waals surface area contributed by atoms with E-state index in [-0.39, 0.29) is 12.5 Å². The topological polar surface area (TPSA) is 84.9 Å². The zero-order chi connectivity index (χ0) is 20.9. The summed E-state index contributed by atoms with van der Waals surface area (Å²) in [4.78, 5) is 25.9. The SMILES string of the molecule is Cc1ccc(CN2CCC(CNC(=O)COc3ccc4ccc(=O)oc4c3)CC2)o1. The lowest BCUT2D eigenvalue weighted by Crippen LogP contribution is -2.39. The molecule has 3 heterocycles. The summed E-state index contributed by atoms with van der Waals surface area (Å²) in [5.41, 5.74) is 0.0274. The minimum Gasteiger partial charge on any atom is -0.484 e. The average molecular weight is 410 g/mol. The number of amides is 1. The van der Waals surface area contributed by atoms with Gasteiger partial charge in [-0.15, -0.1) is 0 Å². The molecule has 1 aliphatic rings. The Kier molecular flexibility index (Phi) is 6.18. The van der Waals surface area contributed by atoms with Crippen molar-refractivity contribution in [2.45, 2.75) is 26.3 Å². The lowest BCUT2D eigenvalue weighted by atomic mass is 9.96. The number of piperidine rings is 1. The van der Waals surface area contributed by atoms with Crippen LogP contribution in [0.2, 0.25) is 0 Å². The number of nitrogens with zero attached hydrogens (tertiary/aromatic N) is 1. The van der Waals surface area contributed by atoms with Gasteiger partial charge < -0.3 is 18.9 Å². The zero-order valence-corrected chi connectivity index (χ0v) is 17.1. The number of carbonyl (C=O) groups excluding carboxylic acids is 1. The standard InChI is InChI=1S/C23H26N2O5/c1-16-2-5-20(29-16)14-25-10-8-17(9-11-25)13-24-22(26)15-28-19-6-3-18-4-7-23(27)30-21(18)12-19/h2-7,12,17H,8-11,13-15H2,1H3,(H,24,26). The number of carbonyl (C=O) groups is 1. The molecular formula is C23H26N2O5. The molecule has 158 valence electrons. The van der Waals surface area contributed by atoms with Crippen molar-refractivity contribution in [3.63, 3.8) is 0 Å². The molecule has 1 amide bonds. The molecule has 0 atom stereocenters. The van der Waals surface area contributed by atoms with Crippen LogP contribution in [0.5, 0.6) is 5.75 Å². The van der Waals surface area contributed by atoms with Crippen molar-refractivity contribution < 1.29 is 18.4 Å². The summed E-state index contributed by atoms with van der Waals surface area (Å²) < 4.78 is 16.3. The first-order valence-corrected chi connectivity index (χ1v) is 10.3. The van der Waals surface area contributed by atoms with Gasteiger partial charge in [-0.1, -0.05) is 0 Å². The summed E-state index contributed by atoms with van der Waals surface area (Å²) in [7, 11) is 0. The number of likely N-dealkylation sites (tertiary alicyclic amines) is 1. The lowest BCUT2D eigenvalue weighted by molar-refractivity contribution is -0.123. The molecule has 7 heteroatoms. The van der Waals surface area contributed by atoms with Crippen LogP contribution in [0.4, 0.5) is 0 Å². The van der Waals surface area contributed by atoms with Crippen molar-refractivity contribution in [1.29, 1.82) is 0 Å². The largest absolute Gasteiger partial charge is 0.484 e. The fraction of sp³-hybridized carbons (Fsp3) is 0.391. The maximum atomic E-state index is 12.2. The molecule has 0 unspecified atom stereocenters. The molecule has 0 radical (unpaired) electrons. The van der Waals surface area contributed by atoms with Crippen LogP contribution in [0.25, 0.3) is 11.0 Å². The fourth-order valence-corrected chi connectivity index (χ4v) is 3.73. The van der Waals surface area contributed by atoms with Gasteiger partial charge in [0.25, 0.3) is 5.91 Å². The van der Waals surface area contributed by atoms with Crippen molar-refractivity contribution in [3.05, 3.63) is 64.4 Å². The molecule has 1 N–H and O–H groups in total. The van der Waals surface area contributed by atoms with Gasteiger partial charge in [0.05, 0.1) is 6.54 Å². The predicted molar refractivity (Wildman–Crippen MR) is 112 cm³/mol. The van der Waals surface area contributed by atoms with Crippen molar-refractivity contribution in [1.82, 2.24) is 10.2 Å². The Morgan fingerprint density at radius 1 is 1.13 bits per heavy atom. The number of hydrogen-bond acceptors (Lipinski definition) is 6. The molecular weight excluding hydrogens is 384 g/mol. The second-order valence-corrected chi connectivity index (χ2v) is 7.78. The van der Waals surface area contributed by atoms with Crippen LogP contribution in [0.1, 0.15) is 24.4 Å². The smallest absolute Gasteiger partial charge is 0.336 e. The molecule has 30 heavy (non-hydrogen) atoms. The van der Waals surface area contributed by atoms with Crippen LogP contribution in [0.3, 0.4) is 0 Å². The summed E-state index contributed by atoms with van der Waals surface area (Å²) in [5, 5.41) is 3.77. The second-order valence-electron chi connectivity index (χ2n) is 7.78. The Balaban J connectivity index is 1.18. The van der Waals surface area contributed by atoms with E-state index in [1.807, 2.05) is 19.1 Å². The van der Waals surface area contributed by atoms with E-state index in [0.717, 1.165) is 49.4 Å². The second kappa shape index (κ2) is 9.17. The van der Waals surface area contributed by atoms with E-state index in [0.29, 0.717) is 23.8 Å². The molecule has 3 aromatic rings. The van der Waals surface area contributed by atoms with Crippen LogP contribution in [0.15, 0.2) is 56.1 Å². The molecule has 1 fully saturated rings. The molecule has 7 nitrogen and oxygen atoms in total. The van der Waals surface area contributed by atoms with Gasteiger partial charge in [0.15, 0.2) is 6.61 Å². The number of furan rings is 1. The maximum absolute atomic E-state index is 12.2. The first-order valence-electron chi connectivity index (χ1n) is 10.3. The van der Waals surface area contributed by atoms with Crippen molar-refractivity contribution in [2.75, 3.05) is 26.2 Å². The zero-order valence-electron chi connectivity index (χ0n) is 17.1. The van der Waals surface area contributed by atoms with E-state index in [9.17, 15) is 9.59 Å². The van der Waals surface area contributed by atoms with E-state index in [1.165, 1.54) is 6.07 Å². The van der Waals surface area contributed by atoms with Crippen LogP contribution >= 0.6 is 0 Å². The summed E-state index contributed by atoms with van der Waals surface area (Å²) >= 11 is 0. The van der Waals surface area contributed by atoms with E-state index >= 15 is 0 Å². The molecule has 1 aromatic carbocycles. The highest BCUT2D eigenvalue weighted by molar-refractivity contribution is 5.79. The van der Waals surface area contributed by atoms with Gasteiger partial charge in [-0.05, 0) is 69.1 Å². The van der Waals surface area contributed by atoms with Crippen molar-refractivity contribution in [3.8, 4) is 5.75 Å². The van der Waals surface area contributed by atoms with E-state index in [1.54, 1.807) is 24.3 Å². The fourth-order valence-electron chi connectivity index (χ4n) is 3.73. The van der Waals surface area contributed by atoms with Gasteiger partial charge in [-0.2, -0.15) is 0 Å². The van der Waals surface area contributed by atoms with E-state index < -0.39 is 5.63 Å². The highest BCUT2D eigenvalue weighted by atomic mass is 16.5. The molecule has 4 rings (SSSR count). The van der Waals surface area contributed by atoms with E-state index in [2.05, 4.69) is 10.2 Å². The molecule has 1 saturated heterocycles. The van der Waals surface area contributed by atoms with Crippen molar-refractivity contribution >= 4 is 16.9 Å². The third-order valence-electron chi connectivity index (χ3n) is 5.43. The van der Waals surface area contributed by atoms with Gasteiger partial charge >= 0.3 is 5.63 Å². The number of ether oxygens (including phenoxy) is 1. The highest BCUT2D eigenvalue weighted by Gasteiger charge is 2.20. The predicted octanol–water partition coefficient (Wildman–Crippen LogP) is 3.10. The Hall–Kier alpha value is -3.06. The monoisotopic (exact) mass is 410 g/mol. The normalized spacial score (nSPS) is 15.4. The average Bonchev–Trinajstić information content (AvgIpc) is 3.16. The van der Waals surface area contributed by atoms with Gasteiger partial charge in [0.2, 0.25) is 0 Å². The molecule has 2 aromatic heterocycles. The third kappa shape index (κ3) is 5.30. The van der Waals surface area contributed by atoms with Crippen molar-refractivity contribution in [2.24, 2.45) is 5.92 Å². The molecule has 0 spiro atoms. The number of hydrogen-bond donors (Lipinski definition) is 1. The summed E-state index contributed by atoms with van der Waals surface area (Å²) in [6.45, 7) is 5.38. The summed E-state index contributed by atoms with van der Waals surface area (Å²) in [6, 6.07) is 12.3.